The van der Waals surface area contributed by atoms with Gasteiger partial charge in [0.05, 0.1) is 11.0 Å². The van der Waals surface area contributed by atoms with E-state index in [0.29, 0.717) is 29.7 Å². The molecule has 2 aromatic heterocycles. The molecule has 0 aliphatic heterocycles. The Labute approximate surface area is 178 Å². The molecule has 7 nitrogen and oxygen atoms in total. The summed E-state index contributed by atoms with van der Waals surface area (Å²) in [6, 6.07) is 15.0. The Bertz CT molecular complexity index is 1220. The summed E-state index contributed by atoms with van der Waals surface area (Å²) in [7, 11) is 1.89. The number of benzene rings is 2. The summed E-state index contributed by atoms with van der Waals surface area (Å²) >= 11 is 0. The Morgan fingerprint density at radius 2 is 1.87 bits per heavy atom. The molecule has 0 radical (unpaired) electrons. The summed E-state index contributed by atoms with van der Waals surface area (Å²) in [5, 5.41) is 5.98. The van der Waals surface area contributed by atoms with Crippen LogP contribution in [-0.2, 0) is 7.05 Å². The van der Waals surface area contributed by atoms with Gasteiger partial charge in [-0.15, -0.1) is 0 Å². The van der Waals surface area contributed by atoms with Crippen LogP contribution in [0.15, 0.2) is 60.8 Å². The van der Waals surface area contributed by atoms with Crippen LogP contribution in [0.2, 0.25) is 0 Å². The fourth-order valence-electron chi connectivity index (χ4n) is 3.08. The van der Waals surface area contributed by atoms with Crippen molar-refractivity contribution in [1.82, 2.24) is 19.9 Å². The lowest BCUT2D eigenvalue weighted by atomic mass is 10.3. The minimum atomic E-state index is -0.292. The molecule has 1 amide bonds. The molecule has 2 N–H and O–H groups in total. The van der Waals surface area contributed by atoms with Crippen LogP contribution < -0.4 is 15.4 Å². The number of nitrogens with zero attached hydrogens (tertiary/aromatic N) is 3. The van der Waals surface area contributed by atoms with E-state index in [1.165, 1.54) is 12.1 Å². The number of hydrogen-bond donors (Lipinski definition) is 2. The molecule has 4 rings (SSSR count). The first-order valence-electron chi connectivity index (χ1n) is 9.94. The molecular formula is C23H22FN5O2. The Balaban J connectivity index is 1.54. The average molecular weight is 419 g/mol. The molecule has 0 bridgehead atoms. The van der Waals surface area contributed by atoms with E-state index in [1.807, 2.05) is 36.7 Å². The smallest absolute Gasteiger partial charge is 0.270 e. The van der Waals surface area contributed by atoms with E-state index in [2.05, 4.69) is 20.6 Å². The van der Waals surface area contributed by atoms with Crippen LogP contribution in [0.4, 0.5) is 16.0 Å². The highest BCUT2D eigenvalue weighted by Crippen LogP contribution is 2.28. The maximum absolute atomic E-state index is 13.1. The minimum Gasteiger partial charge on any atom is -0.457 e. The van der Waals surface area contributed by atoms with Gasteiger partial charge in [-0.2, -0.15) is 0 Å². The van der Waals surface area contributed by atoms with E-state index < -0.39 is 0 Å². The maximum atomic E-state index is 13.1. The van der Waals surface area contributed by atoms with Crippen molar-refractivity contribution >= 4 is 28.6 Å². The fourth-order valence-corrected chi connectivity index (χ4v) is 3.08. The number of carbonyl (C=O) groups is 1. The van der Waals surface area contributed by atoms with Gasteiger partial charge in [0.1, 0.15) is 23.0 Å². The summed E-state index contributed by atoms with van der Waals surface area (Å²) in [5.74, 6) is 1.20. The molecule has 4 aromatic rings. The van der Waals surface area contributed by atoms with Crippen LogP contribution in [0, 0.1) is 5.82 Å². The lowest BCUT2D eigenvalue weighted by Crippen LogP contribution is -2.24. The number of ether oxygens (including phenoxy) is 1. The fraction of sp³-hybridized carbons (Fsp3) is 0.174. The quantitative estimate of drug-likeness (QED) is 0.450. The molecule has 31 heavy (non-hydrogen) atoms. The third-order valence-corrected chi connectivity index (χ3v) is 4.69. The number of anilines is 2. The van der Waals surface area contributed by atoms with Gasteiger partial charge in [0.2, 0.25) is 5.95 Å². The molecule has 8 heteroatoms. The third-order valence-electron chi connectivity index (χ3n) is 4.69. The highest BCUT2D eigenvalue weighted by Gasteiger charge is 2.11. The van der Waals surface area contributed by atoms with Gasteiger partial charge in [-0.1, -0.05) is 6.92 Å². The van der Waals surface area contributed by atoms with E-state index in [9.17, 15) is 9.18 Å². The Kier molecular flexibility index (Phi) is 5.79. The van der Waals surface area contributed by atoms with Crippen LogP contribution in [-0.4, -0.2) is 27.0 Å². The normalized spacial score (nSPS) is 10.8. The van der Waals surface area contributed by atoms with Gasteiger partial charge in [-0.3, -0.25) is 9.78 Å². The molecule has 0 saturated carbocycles. The zero-order valence-corrected chi connectivity index (χ0v) is 17.2. The van der Waals surface area contributed by atoms with Crippen molar-refractivity contribution in [2.45, 2.75) is 13.3 Å². The highest BCUT2D eigenvalue weighted by atomic mass is 19.1. The SMILES string of the molecule is CCCNC(=O)c1cc(Oc2ccc3c(c2)nc(Nc2ccc(F)cc2)n3C)ccn1. The van der Waals surface area contributed by atoms with Crippen LogP contribution in [0.1, 0.15) is 23.8 Å². The number of fused-ring (bicyclic) bond motifs is 1. The number of aryl methyl sites for hydroxylation is 1. The van der Waals surface area contributed by atoms with Crippen LogP contribution in [0.3, 0.4) is 0 Å². The lowest BCUT2D eigenvalue weighted by molar-refractivity contribution is 0.0948. The van der Waals surface area contributed by atoms with Crippen molar-refractivity contribution in [1.29, 1.82) is 0 Å². The van der Waals surface area contributed by atoms with Gasteiger partial charge in [-0.05, 0) is 48.9 Å². The molecule has 0 spiro atoms. The van der Waals surface area contributed by atoms with Gasteiger partial charge in [0.15, 0.2) is 0 Å². The zero-order chi connectivity index (χ0) is 21.8. The number of pyridine rings is 1. The van der Waals surface area contributed by atoms with Gasteiger partial charge in [0, 0.05) is 37.6 Å². The largest absolute Gasteiger partial charge is 0.457 e. The number of aromatic nitrogens is 3. The molecule has 0 atom stereocenters. The predicted octanol–water partition coefficient (Wildman–Crippen LogP) is 4.78. The number of rotatable bonds is 7. The van der Waals surface area contributed by atoms with Crippen molar-refractivity contribution in [2.75, 3.05) is 11.9 Å². The summed E-state index contributed by atoms with van der Waals surface area (Å²) in [6.45, 7) is 2.58. The first-order valence-corrected chi connectivity index (χ1v) is 9.94. The van der Waals surface area contributed by atoms with Gasteiger partial charge in [-0.25, -0.2) is 9.37 Å². The van der Waals surface area contributed by atoms with Crippen molar-refractivity contribution in [3.63, 3.8) is 0 Å². The number of imidazole rings is 1. The summed E-state index contributed by atoms with van der Waals surface area (Å²) < 4.78 is 21.0. The molecule has 2 aromatic carbocycles. The summed E-state index contributed by atoms with van der Waals surface area (Å²) in [4.78, 5) is 20.8. The maximum Gasteiger partial charge on any atom is 0.270 e. The lowest BCUT2D eigenvalue weighted by Gasteiger charge is -2.08. The van der Waals surface area contributed by atoms with Gasteiger partial charge < -0.3 is 19.9 Å². The third kappa shape index (κ3) is 4.63. The van der Waals surface area contributed by atoms with Crippen molar-refractivity contribution in [3.05, 3.63) is 72.3 Å². The number of amides is 1. The molecule has 0 fully saturated rings. The monoisotopic (exact) mass is 419 g/mol. The second-order valence-electron chi connectivity index (χ2n) is 7.01. The van der Waals surface area contributed by atoms with Crippen molar-refractivity contribution in [3.8, 4) is 11.5 Å². The Morgan fingerprint density at radius 3 is 2.65 bits per heavy atom. The van der Waals surface area contributed by atoms with Crippen LogP contribution >= 0.6 is 0 Å². The predicted molar refractivity (Wildman–Crippen MR) is 117 cm³/mol. The van der Waals surface area contributed by atoms with Crippen LogP contribution in [0.5, 0.6) is 11.5 Å². The van der Waals surface area contributed by atoms with E-state index in [-0.39, 0.29) is 11.7 Å². The summed E-state index contributed by atoms with van der Waals surface area (Å²) in [5.41, 5.74) is 2.68. The Hall–Kier alpha value is -3.94. The first kappa shape index (κ1) is 20.3. The molecule has 0 unspecified atom stereocenters. The topological polar surface area (TPSA) is 81.1 Å². The average Bonchev–Trinajstić information content (AvgIpc) is 3.08. The van der Waals surface area contributed by atoms with Crippen molar-refractivity contribution in [2.24, 2.45) is 7.05 Å². The van der Waals surface area contributed by atoms with Gasteiger partial charge >= 0.3 is 0 Å². The second kappa shape index (κ2) is 8.83. The number of hydrogen-bond acceptors (Lipinski definition) is 5. The molecule has 158 valence electrons. The number of nitrogens with one attached hydrogen (secondary N) is 2. The van der Waals surface area contributed by atoms with E-state index in [0.717, 1.165) is 23.1 Å². The zero-order valence-electron chi connectivity index (χ0n) is 17.2. The molecular weight excluding hydrogens is 397 g/mol. The number of carbonyl (C=O) groups excluding carboxylic acids is 1. The Morgan fingerprint density at radius 1 is 1.10 bits per heavy atom. The van der Waals surface area contributed by atoms with E-state index >= 15 is 0 Å². The minimum absolute atomic E-state index is 0.232. The van der Waals surface area contributed by atoms with Crippen LogP contribution in [0.25, 0.3) is 11.0 Å². The standard InChI is InChI=1S/C23H22FN5O2/c1-3-11-26-22(30)20-14-18(10-12-25-20)31-17-8-9-21-19(13-17)28-23(29(21)2)27-16-6-4-15(24)5-7-16/h4-10,12-14H,3,11H2,1-2H3,(H,26,30)(H,27,28). The first-order chi connectivity index (χ1) is 15.0. The highest BCUT2D eigenvalue weighted by molar-refractivity contribution is 5.92. The van der Waals surface area contributed by atoms with Gasteiger partial charge in [0.25, 0.3) is 5.91 Å². The number of halogens is 1. The van der Waals surface area contributed by atoms with E-state index in [1.54, 1.807) is 30.5 Å². The van der Waals surface area contributed by atoms with Crippen molar-refractivity contribution < 1.29 is 13.9 Å². The molecule has 0 aliphatic rings. The molecule has 0 saturated heterocycles. The molecule has 2 heterocycles. The summed E-state index contributed by atoms with van der Waals surface area (Å²) in [6.07, 6.45) is 2.39. The molecule has 0 aliphatic carbocycles. The second-order valence-corrected chi connectivity index (χ2v) is 7.01. The van der Waals surface area contributed by atoms with E-state index in [4.69, 9.17) is 4.74 Å².